The van der Waals surface area contributed by atoms with Crippen LogP contribution in [0.5, 0.6) is 5.75 Å². The highest BCUT2D eigenvalue weighted by Crippen LogP contribution is 2.35. The Morgan fingerprint density at radius 3 is 2.31 bits per heavy atom. The van der Waals surface area contributed by atoms with E-state index in [-0.39, 0.29) is 11.7 Å². The standard InChI is InChI=1S/C21H19N3O2/c1-14-12-20(21(26)13-19(14)16-6-4-3-5-7-16)24-23-18-10-8-17(9-11-18)22-15(2)25/h3-13,26H,1-2H3,(H,22,25). The molecule has 0 atom stereocenters. The number of azo groups is 1. The molecule has 3 rings (SSSR count). The van der Waals surface area contributed by atoms with Crippen molar-refractivity contribution in [2.24, 2.45) is 10.2 Å². The zero-order valence-electron chi connectivity index (χ0n) is 14.6. The first-order valence-corrected chi connectivity index (χ1v) is 8.21. The van der Waals surface area contributed by atoms with Crippen molar-refractivity contribution in [1.82, 2.24) is 0 Å². The molecule has 0 spiro atoms. The zero-order chi connectivity index (χ0) is 18.5. The number of amides is 1. The highest BCUT2D eigenvalue weighted by atomic mass is 16.3. The highest BCUT2D eigenvalue weighted by Gasteiger charge is 2.08. The van der Waals surface area contributed by atoms with Gasteiger partial charge in [-0.05, 0) is 60.0 Å². The molecule has 0 aliphatic rings. The Morgan fingerprint density at radius 1 is 0.962 bits per heavy atom. The summed E-state index contributed by atoms with van der Waals surface area (Å²) in [5.41, 5.74) is 4.74. The highest BCUT2D eigenvalue weighted by molar-refractivity contribution is 5.88. The van der Waals surface area contributed by atoms with E-state index in [2.05, 4.69) is 15.5 Å². The number of phenolic OH excluding ortho intramolecular Hbond substituents is 1. The molecule has 2 N–H and O–H groups in total. The number of hydrogen-bond acceptors (Lipinski definition) is 4. The molecule has 5 nitrogen and oxygen atoms in total. The van der Waals surface area contributed by atoms with Crippen LogP contribution in [0.25, 0.3) is 11.1 Å². The van der Waals surface area contributed by atoms with Crippen LogP contribution in [0, 0.1) is 6.92 Å². The number of nitrogens with zero attached hydrogens (tertiary/aromatic N) is 2. The molecule has 0 saturated carbocycles. The molecule has 0 aliphatic heterocycles. The summed E-state index contributed by atoms with van der Waals surface area (Å²) >= 11 is 0. The number of aryl methyl sites for hydroxylation is 1. The predicted molar refractivity (Wildman–Crippen MR) is 103 cm³/mol. The lowest BCUT2D eigenvalue weighted by Crippen LogP contribution is -2.04. The van der Waals surface area contributed by atoms with E-state index >= 15 is 0 Å². The van der Waals surface area contributed by atoms with E-state index < -0.39 is 0 Å². The molecule has 0 aromatic heterocycles. The molecule has 0 saturated heterocycles. The number of rotatable bonds is 4. The number of nitrogens with one attached hydrogen (secondary N) is 1. The maximum Gasteiger partial charge on any atom is 0.221 e. The van der Waals surface area contributed by atoms with Gasteiger partial charge in [0.2, 0.25) is 5.91 Å². The number of aromatic hydroxyl groups is 1. The van der Waals surface area contributed by atoms with Crippen molar-refractivity contribution >= 4 is 23.0 Å². The molecule has 130 valence electrons. The summed E-state index contributed by atoms with van der Waals surface area (Å²) in [5.74, 6) is -0.0497. The largest absolute Gasteiger partial charge is 0.506 e. The molecule has 0 bridgehead atoms. The van der Waals surface area contributed by atoms with E-state index in [0.29, 0.717) is 17.1 Å². The van der Waals surface area contributed by atoms with Crippen molar-refractivity contribution in [3.8, 4) is 16.9 Å². The van der Waals surface area contributed by atoms with Gasteiger partial charge in [0.1, 0.15) is 11.4 Å². The maximum atomic E-state index is 11.0. The van der Waals surface area contributed by atoms with E-state index in [1.54, 1.807) is 30.3 Å². The number of phenols is 1. The smallest absolute Gasteiger partial charge is 0.221 e. The van der Waals surface area contributed by atoms with E-state index in [0.717, 1.165) is 16.7 Å². The van der Waals surface area contributed by atoms with E-state index in [9.17, 15) is 9.90 Å². The van der Waals surface area contributed by atoms with E-state index in [4.69, 9.17) is 0 Å². The van der Waals surface area contributed by atoms with Gasteiger partial charge in [0.05, 0.1) is 5.69 Å². The Morgan fingerprint density at radius 2 is 1.65 bits per heavy atom. The summed E-state index contributed by atoms with van der Waals surface area (Å²) < 4.78 is 0. The lowest BCUT2D eigenvalue weighted by molar-refractivity contribution is -0.114. The van der Waals surface area contributed by atoms with Crippen molar-refractivity contribution in [2.45, 2.75) is 13.8 Å². The third-order valence-electron chi connectivity index (χ3n) is 3.87. The average molecular weight is 345 g/mol. The Balaban J connectivity index is 1.83. The Hall–Kier alpha value is -3.47. The Labute approximate surface area is 152 Å². The Bertz CT molecular complexity index is 949. The first-order valence-electron chi connectivity index (χ1n) is 8.21. The molecule has 1 amide bonds. The molecule has 5 heteroatoms. The molecule has 0 fully saturated rings. The van der Waals surface area contributed by atoms with Gasteiger partial charge in [-0.1, -0.05) is 30.3 Å². The fourth-order valence-electron chi connectivity index (χ4n) is 2.62. The molecular formula is C21H19N3O2. The lowest BCUT2D eigenvalue weighted by Gasteiger charge is -2.08. The van der Waals surface area contributed by atoms with Gasteiger partial charge >= 0.3 is 0 Å². The van der Waals surface area contributed by atoms with Gasteiger partial charge < -0.3 is 10.4 Å². The van der Waals surface area contributed by atoms with Gasteiger partial charge in [-0.3, -0.25) is 4.79 Å². The van der Waals surface area contributed by atoms with E-state index in [1.165, 1.54) is 6.92 Å². The number of anilines is 1. The minimum absolute atomic E-state index is 0.0769. The van der Waals surface area contributed by atoms with Crippen LogP contribution in [0.1, 0.15) is 12.5 Å². The van der Waals surface area contributed by atoms with Crippen LogP contribution >= 0.6 is 0 Å². The fourth-order valence-corrected chi connectivity index (χ4v) is 2.62. The molecule has 26 heavy (non-hydrogen) atoms. The minimum Gasteiger partial charge on any atom is -0.506 e. The summed E-state index contributed by atoms with van der Waals surface area (Å²) in [6.07, 6.45) is 0. The molecule has 0 aliphatic carbocycles. The monoisotopic (exact) mass is 345 g/mol. The number of benzene rings is 3. The average Bonchev–Trinajstić information content (AvgIpc) is 2.63. The van der Waals surface area contributed by atoms with Crippen LogP contribution in [0.3, 0.4) is 0 Å². The second-order valence-corrected chi connectivity index (χ2v) is 5.95. The quantitative estimate of drug-likeness (QED) is 0.592. The molecule has 3 aromatic rings. The molecule has 0 unspecified atom stereocenters. The number of carbonyl (C=O) groups is 1. The lowest BCUT2D eigenvalue weighted by atomic mass is 9.99. The molecule has 3 aromatic carbocycles. The first-order chi connectivity index (χ1) is 12.5. The van der Waals surface area contributed by atoms with Crippen molar-refractivity contribution in [1.29, 1.82) is 0 Å². The third-order valence-corrected chi connectivity index (χ3v) is 3.87. The van der Waals surface area contributed by atoms with Gasteiger partial charge in [-0.2, -0.15) is 5.11 Å². The SMILES string of the molecule is CC(=O)Nc1ccc(N=Nc2cc(C)c(-c3ccccc3)cc2O)cc1. The van der Waals surface area contributed by atoms with Crippen molar-refractivity contribution in [3.63, 3.8) is 0 Å². The predicted octanol–water partition coefficient (Wildman–Crippen LogP) is 5.74. The second-order valence-electron chi connectivity index (χ2n) is 5.95. The zero-order valence-corrected chi connectivity index (χ0v) is 14.6. The van der Waals surface area contributed by atoms with Gasteiger partial charge in [-0.25, -0.2) is 0 Å². The summed E-state index contributed by atoms with van der Waals surface area (Å²) in [4.78, 5) is 11.0. The topological polar surface area (TPSA) is 74.0 Å². The van der Waals surface area contributed by atoms with Crippen molar-refractivity contribution in [2.75, 3.05) is 5.32 Å². The molecule has 0 heterocycles. The van der Waals surface area contributed by atoms with Crippen LogP contribution < -0.4 is 5.32 Å². The summed E-state index contributed by atoms with van der Waals surface area (Å²) in [6, 6.07) is 20.4. The summed E-state index contributed by atoms with van der Waals surface area (Å²) in [6.45, 7) is 3.43. The van der Waals surface area contributed by atoms with Crippen molar-refractivity contribution < 1.29 is 9.90 Å². The van der Waals surface area contributed by atoms with Gasteiger partial charge in [0.15, 0.2) is 0 Å². The van der Waals surface area contributed by atoms with Crippen LogP contribution in [-0.2, 0) is 4.79 Å². The van der Waals surface area contributed by atoms with Crippen LogP contribution in [0.4, 0.5) is 17.1 Å². The number of carbonyl (C=O) groups excluding carboxylic acids is 1. The second kappa shape index (κ2) is 7.61. The fraction of sp³-hybridized carbons (Fsp3) is 0.0952. The summed E-state index contributed by atoms with van der Waals surface area (Å²) in [7, 11) is 0. The van der Waals surface area contributed by atoms with Crippen molar-refractivity contribution in [3.05, 3.63) is 72.3 Å². The Kier molecular flexibility index (Phi) is 5.08. The maximum absolute atomic E-state index is 11.0. The normalized spacial score (nSPS) is 10.8. The third kappa shape index (κ3) is 4.13. The van der Waals surface area contributed by atoms with Gasteiger partial charge in [0, 0.05) is 12.6 Å². The van der Waals surface area contributed by atoms with Gasteiger partial charge in [-0.15, -0.1) is 5.11 Å². The molecule has 0 radical (unpaired) electrons. The van der Waals surface area contributed by atoms with Gasteiger partial charge in [0.25, 0.3) is 0 Å². The first kappa shape index (κ1) is 17.4. The van der Waals surface area contributed by atoms with Crippen LogP contribution in [0.2, 0.25) is 0 Å². The minimum atomic E-state index is -0.127. The van der Waals surface area contributed by atoms with E-state index in [1.807, 2.05) is 43.3 Å². The van der Waals surface area contributed by atoms with Crippen LogP contribution in [-0.4, -0.2) is 11.0 Å². The molecular weight excluding hydrogens is 326 g/mol. The summed E-state index contributed by atoms with van der Waals surface area (Å²) in [5, 5.41) is 21.3. The van der Waals surface area contributed by atoms with Crippen LogP contribution in [0.15, 0.2) is 77.0 Å². The number of hydrogen-bond donors (Lipinski definition) is 2.